The van der Waals surface area contributed by atoms with Crippen molar-refractivity contribution in [3.05, 3.63) is 218 Å². The van der Waals surface area contributed by atoms with Crippen molar-refractivity contribution in [2.75, 3.05) is 0 Å². The Labute approximate surface area is 366 Å². The van der Waals surface area contributed by atoms with E-state index >= 15 is 4.39 Å². The summed E-state index contributed by atoms with van der Waals surface area (Å²) in [6, 6.07) is 71.9. The molecule has 0 fully saturated rings. The van der Waals surface area contributed by atoms with Gasteiger partial charge in [-0.2, -0.15) is 0 Å². The maximum absolute atomic E-state index is 18.3. The molecule has 6 nitrogen and oxygen atoms in total. The summed E-state index contributed by atoms with van der Waals surface area (Å²) in [6.45, 7) is 0. The van der Waals surface area contributed by atoms with Crippen LogP contribution in [0.2, 0.25) is 0 Å². The SMILES string of the molecule is Fc1c(-c2nc(-c3ccccc3)nc(-c3ccccc3)n2)cccc1-n1c2ccccc2c2c3c(c4ccccc4n3-c3ccccc3)c3c(c4ccccc4n3-c3ccccc3)c21. The molecule has 13 rings (SSSR count). The van der Waals surface area contributed by atoms with Gasteiger partial charge in [-0.05, 0) is 54.6 Å². The van der Waals surface area contributed by atoms with E-state index in [9.17, 15) is 0 Å². The van der Waals surface area contributed by atoms with Gasteiger partial charge in [-0.1, -0.05) is 158 Å². The van der Waals surface area contributed by atoms with Crippen LogP contribution >= 0.6 is 0 Å². The van der Waals surface area contributed by atoms with Crippen LogP contribution in [0.3, 0.4) is 0 Å². The van der Waals surface area contributed by atoms with Crippen LogP contribution in [0.5, 0.6) is 0 Å². The number of aromatic nitrogens is 6. The first kappa shape index (κ1) is 36.0. The summed E-state index contributed by atoms with van der Waals surface area (Å²) in [4.78, 5) is 14.8. The average Bonchev–Trinajstić information content (AvgIpc) is 4.01. The van der Waals surface area contributed by atoms with E-state index in [0.29, 0.717) is 17.3 Å². The maximum Gasteiger partial charge on any atom is 0.167 e. The Bertz CT molecular complexity index is 3820. The molecule has 0 aliphatic heterocycles. The van der Waals surface area contributed by atoms with E-state index in [1.54, 1.807) is 6.07 Å². The Morgan fingerprint density at radius 1 is 0.312 bits per heavy atom. The predicted molar refractivity (Wildman–Crippen MR) is 259 cm³/mol. The summed E-state index contributed by atoms with van der Waals surface area (Å²) in [6.07, 6.45) is 0. The van der Waals surface area contributed by atoms with Gasteiger partial charge in [0.05, 0.1) is 44.4 Å². The standard InChI is InChI=1S/C57H35FN6/c58-51-43(57-60-55(36-20-5-1-6-21-36)59-56(61-57)37-22-7-2-8-23-37)31-19-35-47(51)64-46-34-18-15-30-42(46)50-53-48(40-28-13-16-32-44(40)62(53)38-24-9-3-10-25-38)52-49(54(50)64)41-29-14-17-33-45(41)63(52)39-26-11-4-12-27-39/h1-35H. The Morgan fingerprint density at radius 3 is 1.12 bits per heavy atom. The Hall–Kier alpha value is -8.68. The van der Waals surface area contributed by atoms with Gasteiger partial charge in [0.2, 0.25) is 0 Å². The monoisotopic (exact) mass is 822 g/mol. The summed E-state index contributed by atoms with van der Waals surface area (Å²) in [5, 5.41) is 6.43. The van der Waals surface area contributed by atoms with Crippen LogP contribution in [0.15, 0.2) is 212 Å². The first-order valence-electron chi connectivity index (χ1n) is 21.4. The molecule has 0 radical (unpaired) electrons. The van der Waals surface area contributed by atoms with Crippen molar-refractivity contribution in [3.8, 4) is 51.2 Å². The van der Waals surface area contributed by atoms with E-state index in [0.717, 1.165) is 87.9 Å². The summed E-state index contributed by atoms with van der Waals surface area (Å²) < 4.78 is 25.2. The first-order valence-corrected chi connectivity index (χ1v) is 21.4. The number of benzene rings is 9. The summed E-state index contributed by atoms with van der Waals surface area (Å²) in [5.74, 6) is 0.763. The summed E-state index contributed by atoms with van der Waals surface area (Å²) in [7, 11) is 0. The van der Waals surface area contributed by atoms with Crippen molar-refractivity contribution in [1.29, 1.82) is 0 Å². The molecule has 4 heterocycles. The molecule has 0 N–H and O–H groups in total. The molecule has 0 bridgehead atoms. The topological polar surface area (TPSA) is 53.5 Å². The third kappa shape index (κ3) is 5.28. The number of hydrogen-bond acceptors (Lipinski definition) is 3. The Kier molecular flexibility index (Phi) is 7.99. The van der Waals surface area contributed by atoms with Crippen LogP contribution < -0.4 is 0 Å². The molecule has 0 atom stereocenters. The van der Waals surface area contributed by atoms with Gasteiger partial charge in [0.1, 0.15) is 0 Å². The highest BCUT2D eigenvalue weighted by Gasteiger charge is 2.30. The minimum atomic E-state index is -0.432. The van der Waals surface area contributed by atoms with Crippen LogP contribution in [0, 0.1) is 5.82 Å². The molecule has 0 spiro atoms. The normalized spacial score (nSPS) is 11.8. The molecule has 9 aromatic carbocycles. The fourth-order valence-corrected chi connectivity index (χ4v) is 9.88. The number of para-hydroxylation sites is 5. The molecule has 13 aromatic rings. The third-order valence-electron chi connectivity index (χ3n) is 12.5. The molecule has 0 saturated heterocycles. The second-order valence-electron chi connectivity index (χ2n) is 16.1. The van der Waals surface area contributed by atoms with E-state index in [2.05, 4.69) is 141 Å². The first-order chi connectivity index (χ1) is 31.7. The quantitative estimate of drug-likeness (QED) is 0.168. The lowest BCUT2D eigenvalue weighted by Crippen LogP contribution is -2.04. The molecule has 0 saturated carbocycles. The van der Waals surface area contributed by atoms with Crippen LogP contribution in [0.4, 0.5) is 4.39 Å². The average molecular weight is 823 g/mol. The van der Waals surface area contributed by atoms with Crippen molar-refractivity contribution in [2.24, 2.45) is 0 Å². The van der Waals surface area contributed by atoms with Crippen LogP contribution in [0.25, 0.3) is 117 Å². The molecule has 0 amide bonds. The molecule has 4 aromatic heterocycles. The minimum Gasteiger partial charge on any atom is -0.308 e. The van der Waals surface area contributed by atoms with E-state index in [1.165, 1.54) is 0 Å². The van der Waals surface area contributed by atoms with Crippen molar-refractivity contribution < 1.29 is 4.39 Å². The van der Waals surface area contributed by atoms with Gasteiger partial charge in [-0.15, -0.1) is 0 Å². The lowest BCUT2D eigenvalue weighted by atomic mass is 10.0. The third-order valence-corrected chi connectivity index (χ3v) is 12.5. The lowest BCUT2D eigenvalue weighted by molar-refractivity contribution is 0.623. The van der Waals surface area contributed by atoms with Gasteiger partial charge < -0.3 is 13.7 Å². The zero-order chi connectivity index (χ0) is 42.3. The van der Waals surface area contributed by atoms with Gasteiger partial charge in [-0.3, -0.25) is 0 Å². The van der Waals surface area contributed by atoms with E-state index in [1.807, 2.05) is 78.9 Å². The molecule has 300 valence electrons. The second kappa shape index (κ2) is 14.2. The van der Waals surface area contributed by atoms with Crippen molar-refractivity contribution in [1.82, 2.24) is 28.7 Å². The number of fused-ring (bicyclic) bond motifs is 12. The largest absolute Gasteiger partial charge is 0.308 e. The zero-order valence-corrected chi connectivity index (χ0v) is 34.3. The van der Waals surface area contributed by atoms with Crippen molar-refractivity contribution in [3.63, 3.8) is 0 Å². The molecular formula is C57H35FN6. The van der Waals surface area contributed by atoms with Gasteiger partial charge in [0, 0.05) is 54.8 Å². The lowest BCUT2D eigenvalue weighted by Gasteiger charge is -2.15. The van der Waals surface area contributed by atoms with Crippen LogP contribution in [0.1, 0.15) is 0 Å². The van der Waals surface area contributed by atoms with Crippen molar-refractivity contribution >= 4 is 65.4 Å². The van der Waals surface area contributed by atoms with Gasteiger partial charge >= 0.3 is 0 Å². The summed E-state index contributed by atoms with van der Waals surface area (Å²) >= 11 is 0. The van der Waals surface area contributed by atoms with E-state index in [4.69, 9.17) is 15.0 Å². The summed E-state index contributed by atoms with van der Waals surface area (Å²) in [5.41, 5.74) is 10.4. The maximum atomic E-state index is 18.3. The number of hydrogen-bond donors (Lipinski definition) is 0. The number of rotatable bonds is 6. The van der Waals surface area contributed by atoms with Gasteiger partial charge in [0.25, 0.3) is 0 Å². The minimum absolute atomic E-state index is 0.255. The number of halogens is 1. The zero-order valence-electron chi connectivity index (χ0n) is 34.3. The Balaban J connectivity index is 1.22. The number of nitrogens with zero attached hydrogens (tertiary/aromatic N) is 6. The highest BCUT2D eigenvalue weighted by atomic mass is 19.1. The fourth-order valence-electron chi connectivity index (χ4n) is 9.88. The predicted octanol–water partition coefficient (Wildman–Crippen LogP) is 14.3. The fraction of sp³-hybridized carbons (Fsp3) is 0. The van der Waals surface area contributed by atoms with Crippen LogP contribution in [-0.4, -0.2) is 28.7 Å². The molecule has 64 heavy (non-hydrogen) atoms. The Morgan fingerprint density at radius 2 is 0.672 bits per heavy atom. The van der Waals surface area contributed by atoms with E-state index < -0.39 is 5.82 Å². The van der Waals surface area contributed by atoms with E-state index in [-0.39, 0.29) is 11.4 Å². The second-order valence-corrected chi connectivity index (χ2v) is 16.1. The highest BCUT2D eigenvalue weighted by Crippen LogP contribution is 2.50. The van der Waals surface area contributed by atoms with Gasteiger partial charge in [0.15, 0.2) is 23.3 Å². The molecule has 0 aliphatic rings. The molecule has 7 heteroatoms. The smallest absolute Gasteiger partial charge is 0.167 e. The van der Waals surface area contributed by atoms with Crippen molar-refractivity contribution in [2.45, 2.75) is 0 Å². The molecular weight excluding hydrogens is 788 g/mol. The molecule has 0 unspecified atom stereocenters. The molecule has 0 aliphatic carbocycles. The highest BCUT2D eigenvalue weighted by molar-refractivity contribution is 6.40. The van der Waals surface area contributed by atoms with Crippen LogP contribution in [-0.2, 0) is 0 Å². The van der Waals surface area contributed by atoms with Gasteiger partial charge in [-0.25, -0.2) is 19.3 Å².